The Hall–Kier alpha value is -1.94. The van der Waals surface area contributed by atoms with Crippen LogP contribution in [-0.4, -0.2) is 96.7 Å². The third-order valence-electron chi connectivity index (χ3n) is 17.7. The van der Waals surface area contributed by atoms with E-state index in [1.165, 1.54) is 173 Å². The van der Waals surface area contributed by atoms with E-state index in [9.17, 15) is 43.2 Å². The zero-order valence-electron chi connectivity index (χ0n) is 61.6. The molecule has 558 valence electrons. The van der Waals surface area contributed by atoms with Crippen LogP contribution in [0.1, 0.15) is 376 Å². The Morgan fingerprint density at radius 2 is 0.511 bits per heavy atom. The Kier molecular flexibility index (Phi) is 63.1. The van der Waals surface area contributed by atoms with E-state index in [1.807, 2.05) is 0 Å². The molecule has 3 unspecified atom stereocenters. The van der Waals surface area contributed by atoms with E-state index in [2.05, 4.69) is 55.4 Å². The van der Waals surface area contributed by atoms with E-state index in [1.54, 1.807) is 0 Å². The molecule has 3 N–H and O–H groups in total. The van der Waals surface area contributed by atoms with Crippen LogP contribution in [0.5, 0.6) is 0 Å². The second-order valence-corrected chi connectivity index (χ2v) is 31.6. The van der Waals surface area contributed by atoms with Gasteiger partial charge in [0.2, 0.25) is 0 Å². The molecular formula is C75H146O17P2. The summed E-state index contributed by atoms with van der Waals surface area (Å²) in [5.41, 5.74) is 0. The number of hydrogen-bond donors (Lipinski definition) is 3. The maximum absolute atomic E-state index is 13.1. The highest BCUT2D eigenvalue weighted by molar-refractivity contribution is 7.47. The van der Waals surface area contributed by atoms with Crippen LogP contribution in [0.25, 0.3) is 0 Å². The van der Waals surface area contributed by atoms with E-state index < -0.39 is 97.5 Å². The van der Waals surface area contributed by atoms with Gasteiger partial charge >= 0.3 is 39.5 Å². The van der Waals surface area contributed by atoms with Gasteiger partial charge in [-0.2, -0.15) is 0 Å². The van der Waals surface area contributed by atoms with Crippen molar-refractivity contribution in [2.24, 2.45) is 23.7 Å². The van der Waals surface area contributed by atoms with Crippen molar-refractivity contribution >= 4 is 39.5 Å². The van der Waals surface area contributed by atoms with Gasteiger partial charge in [0.15, 0.2) is 12.2 Å². The quantitative estimate of drug-likeness (QED) is 0.0222. The highest BCUT2D eigenvalue weighted by Crippen LogP contribution is 2.45. The molecule has 0 aromatic rings. The monoisotopic (exact) mass is 1380 g/mol. The topological polar surface area (TPSA) is 237 Å². The van der Waals surface area contributed by atoms with Gasteiger partial charge in [-0.1, -0.05) is 325 Å². The van der Waals surface area contributed by atoms with Gasteiger partial charge < -0.3 is 33.8 Å². The lowest BCUT2D eigenvalue weighted by Crippen LogP contribution is -2.30. The number of hydrogen-bond acceptors (Lipinski definition) is 15. The van der Waals surface area contributed by atoms with Gasteiger partial charge in [0.25, 0.3) is 0 Å². The average molecular weight is 1380 g/mol. The number of ether oxygens (including phenoxy) is 4. The van der Waals surface area contributed by atoms with E-state index in [-0.39, 0.29) is 25.7 Å². The molecular weight excluding hydrogens is 1230 g/mol. The summed E-state index contributed by atoms with van der Waals surface area (Å²) in [7, 11) is -9.91. The van der Waals surface area contributed by atoms with Gasteiger partial charge in [-0.05, 0) is 49.4 Å². The van der Waals surface area contributed by atoms with Gasteiger partial charge in [0.05, 0.1) is 26.4 Å². The lowest BCUT2D eigenvalue weighted by molar-refractivity contribution is -0.161. The predicted molar refractivity (Wildman–Crippen MR) is 381 cm³/mol. The molecule has 0 aliphatic rings. The number of carbonyl (C=O) groups excluding carboxylic acids is 4. The van der Waals surface area contributed by atoms with E-state index >= 15 is 0 Å². The van der Waals surface area contributed by atoms with Crippen LogP contribution in [0.4, 0.5) is 0 Å². The van der Waals surface area contributed by atoms with Gasteiger partial charge in [0.1, 0.15) is 19.3 Å². The number of esters is 4. The average Bonchev–Trinajstić information content (AvgIpc) is 1.25. The highest BCUT2D eigenvalue weighted by atomic mass is 31.2. The summed E-state index contributed by atoms with van der Waals surface area (Å²) in [6, 6.07) is 0. The van der Waals surface area contributed by atoms with Crippen molar-refractivity contribution in [3.05, 3.63) is 0 Å². The summed E-state index contributed by atoms with van der Waals surface area (Å²) in [5.74, 6) is 0.930. The molecule has 0 heterocycles. The molecule has 0 aliphatic carbocycles. The van der Waals surface area contributed by atoms with Gasteiger partial charge in [-0.25, -0.2) is 9.13 Å². The van der Waals surface area contributed by atoms with Crippen molar-refractivity contribution in [2.45, 2.75) is 395 Å². The van der Waals surface area contributed by atoms with Crippen LogP contribution in [0.3, 0.4) is 0 Å². The minimum Gasteiger partial charge on any atom is -0.462 e. The smallest absolute Gasteiger partial charge is 0.462 e. The lowest BCUT2D eigenvalue weighted by atomic mass is 10.00. The summed E-state index contributed by atoms with van der Waals surface area (Å²) in [6.07, 6.45) is 48.5. The molecule has 19 heteroatoms. The minimum absolute atomic E-state index is 0.105. The Labute approximate surface area is 575 Å². The number of aliphatic hydroxyl groups excluding tert-OH is 1. The molecule has 0 radical (unpaired) electrons. The zero-order valence-corrected chi connectivity index (χ0v) is 63.4. The summed E-state index contributed by atoms with van der Waals surface area (Å²) >= 11 is 0. The molecule has 0 rings (SSSR count). The van der Waals surface area contributed by atoms with Crippen molar-refractivity contribution in [3.63, 3.8) is 0 Å². The van der Waals surface area contributed by atoms with E-state index in [0.717, 1.165) is 120 Å². The van der Waals surface area contributed by atoms with Crippen molar-refractivity contribution in [3.8, 4) is 0 Å². The van der Waals surface area contributed by atoms with Crippen LogP contribution in [-0.2, 0) is 65.4 Å². The molecule has 0 aromatic carbocycles. The number of phosphoric acid groups is 2. The first-order valence-electron chi connectivity index (χ1n) is 38.7. The summed E-state index contributed by atoms with van der Waals surface area (Å²) in [4.78, 5) is 72.8. The number of unbranched alkanes of at least 4 members (excludes halogenated alkanes) is 37. The molecule has 0 saturated carbocycles. The molecule has 17 nitrogen and oxygen atoms in total. The maximum Gasteiger partial charge on any atom is 0.472 e. The number of rotatable bonds is 72. The zero-order chi connectivity index (χ0) is 69.6. The Morgan fingerprint density at radius 1 is 0.298 bits per heavy atom. The fourth-order valence-electron chi connectivity index (χ4n) is 11.3. The highest BCUT2D eigenvalue weighted by Gasteiger charge is 2.30. The molecule has 94 heavy (non-hydrogen) atoms. The Bertz CT molecular complexity index is 1850. The third-order valence-corrected chi connectivity index (χ3v) is 19.6. The SMILES string of the molecule is CCC(C)CCCCCCCCC(=O)OC[C@H](COP(=O)(O)OC[C@H](O)COP(=O)(O)OC[C@@H](COC(=O)CCCCCCCCCCCCCCCC(C)C)OC(=O)CCCCCCCCCCCCCC(C)C)OC(=O)CCCCCCCCCCCCCC(C)C. The van der Waals surface area contributed by atoms with Crippen molar-refractivity contribution in [1.29, 1.82) is 0 Å². The van der Waals surface area contributed by atoms with Crippen LogP contribution < -0.4 is 0 Å². The van der Waals surface area contributed by atoms with Gasteiger partial charge in [-0.15, -0.1) is 0 Å². The number of phosphoric ester groups is 2. The fourth-order valence-corrected chi connectivity index (χ4v) is 12.9. The second kappa shape index (κ2) is 64.4. The summed E-state index contributed by atoms with van der Waals surface area (Å²) < 4.78 is 68.5. The minimum atomic E-state index is -4.96. The van der Waals surface area contributed by atoms with Crippen LogP contribution in [0, 0.1) is 23.7 Å². The normalized spacial score (nSPS) is 14.4. The Balaban J connectivity index is 5.26. The van der Waals surface area contributed by atoms with Crippen LogP contribution >= 0.6 is 15.6 Å². The molecule has 0 spiro atoms. The van der Waals surface area contributed by atoms with Crippen molar-refractivity contribution < 1.29 is 80.2 Å². The second-order valence-electron chi connectivity index (χ2n) is 28.7. The molecule has 0 aromatic heterocycles. The molecule has 0 aliphatic heterocycles. The molecule has 6 atom stereocenters. The number of aliphatic hydroxyl groups is 1. The standard InChI is InChI=1S/C75H146O17P2/c1-9-68(8)54-46-38-33-34-40-48-56-73(78)86-62-71(92-75(80)58-50-42-32-26-20-14-17-23-29-37-45-53-67(6)7)64-90-94(83,84)88-60-69(76)59-87-93(81,82)89-63-70(91-74(79)57-49-41-31-25-19-13-16-22-28-36-44-52-66(4)5)61-85-72(77)55-47-39-30-24-18-12-10-11-15-21-27-35-43-51-65(2)3/h65-71,76H,9-64H2,1-8H3,(H,81,82)(H,83,84)/t68?,69-,70-,71-/m1/s1. The maximum atomic E-state index is 13.1. The predicted octanol–water partition coefficient (Wildman–Crippen LogP) is 21.7. The summed E-state index contributed by atoms with van der Waals surface area (Å²) in [5, 5.41) is 10.6. The number of carbonyl (C=O) groups is 4. The van der Waals surface area contributed by atoms with Crippen LogP contribution in [0.2, 0.25) is 0 Å². The largest absolute Gasteiger partial charge is 0.472 e. The molecule has 0 bridgehead atoms. The van der Waals surface area contributed by atoms with Crippen LogP contribution in [0.15, 0.2) is 0 Å². The first-order valence-corrected chi connectivity index (χ1v) is 41.7. The molecule has 0 fully saturated rings. The lowest BCUT2D eigenvalue weighted by Gasteiger charge is -2.21. The van der Waals surface area contributed by atoms with Crippen molar-refractivity contribution in [1.82, 2.24) is 0 Å². The van der Waals surface area contributed by atoms with Crippen molar-refractivity contribution in [2.75, 3.05) is 39.6 Å². The van der Waals surface area contributed by atoms with E-state index in [4.69, 9.17) is 37.0 Å². The molecule has 0 amide bonds. The fraction of sp³-hybridized carbons (Fsp3) is 0.947. The first-order chi connectivity index (χ1) is 45.1. The third kappa shape index (κ3) is 67.3. The Morgan fingerprint density at radius 3 is 0.755 bits per heavy atom. The first kappa shape index (κ1) is 92.1. The summed E-state index contributed by atoms with van der Waals surface area (Å²) in [6.45, 7) is 14.2. The van der Waals surface area contributed by atoms with Gasteiger partial charge in [0, 0.05) is 25.7 Å². The van der Waals surface area contributed by atoms with E-state index in [0.29, 0.717) is 25.7 Å². The molecule has 0 saturated heterocycles. The van der Waals surface area contributed by atoms with Gasteiger partial charge in [-0.3, -0.25) is 37.3 Å².